The average molecular weight is 358 g/mol. The fourth-order valence-electron chi connectivity index (χ4n) is 3.70. The topological polar surface area (TPSA) is 20.3 Å². The highest BCUT2D eigenvalue weighted by atomic mass is 32.2. The third kappa shape index (κ3) is 4.33. The average Bonchev–Trinajstić information content (AvgIpc) is 3.04. The molecule has 0 saturated carbocycles. The van der Waals surface area contributed by atoms with Crippen molar-refractivity contribution < 1.29 is 4.21 Å². The first kappa shape index (κ1) is 19.7. The van der Waals surface area contributed by atoms with Gasteiger partial charge in [-0.3, -0.25) is 0 Å². The van der Waals surface area contributed by atoms with Gasteiger partial charge in [-0.05, 0) is 55.2 Å². The Balaban J connectivity index is 0.00000225. The molecule has 0 bridgehead atoms. The van der Waals surface area contributed by atoms with Crippen LogP contribution in [0.4, 0.5) is 5.69 Å². The lowest BCUT2D eigenvalue weighted by Crippen LogP contribution is -2.33. The number of hydrogen-bond acceptors (Lipinski definition) is 2. The van der Waals surface area contributed by atoms with Crippen LogP contribution < -0.4 is 4.90 Å². The molecule has 0 N–H and O–H groups in total. The van der Waals surface area contributed by atoms with Gasteiger partial charge in [0, 0.05) is 28.1 Å². The predicted molar refractivity (Wildman–Crippen MR) is 109 cm³/mol. The smallest absolute Gasteiger partial charge is 0.0849 e. The maximum absolute atomic E-state index is 12.8. The first-order valence-corrected chi connectivity index (χ1v) is 10.3. The van der Waals surface area contributed by atoms with Gasteiger partial charge in [0.25, 0.3) is 0 Å². The van der Waals surface area contributed by atoms with E-state index in [1.807, 2.05) is 30.3 Å². The van der Waals surface area contributed by atoms with Crippen molar-refractivity contribution in [2.24, 2.45) is 0 Å². The standard InChI is InChI=1S/C21H27NOS.CH4/c1-3-8-18(9-4-2)22-15-14-17-16-20(12-13-21(17)22)24(23)19-10-6-5-7-11-19;/h5-7,10-13,16,18H,3-4,8-9,14-15H2,1-2H3;1H4. The number of benzene rings is 2. The second-order valence-electron chi connectivity index (χ2n) is 6.55. The predicted octanol–water partition coefficient (Wildman–Crippen LogP) is 5.82. The Morgan fingerprint density at radius 2 is 1.68 bits per heavy atom. The van der Waals surface area contributed by atoms with Crippen LogP contribution >= 0.6 is 0 Å². The Hall–Kier alpha value is -1.61. The van der Waals surface area contributed by atoms with Crippen LogP contribution in [0.1, 0.15) is 52.5 Å². The normalized spacial score (nSPS) is 14.3. The molecule has 2 aromatic carbocycles. The van der Waals surface area contributed by atoms with Crippen molar-refractivity contribution in [1.29, 1.82) is 0 Å². The highest BCUT2D eigenvalue weighted by molar-refractivity contribution is 7.85. The van der Waals surface area contributed by atoms with Crippen LogP contribution in [-0.2, 0) is 17.2 Å². The Morgan fingerprint density at radius 1 is 1.00 bits per heavy atom. The molecule has 1 unspecified atom stereocenters. The van der Waals surface area contributed by atoms with E-state index in [1.165, 1.54) is 36.9 Å². The van der Waals surface area contributed by atoms with E-state index in [2.05, 4.69) is 36.9 Å². The highest BCUT2D eigenvalue weighted by Crippen LogP contribution is 2.34. The minimum absolute atomic E-state index is 0. The van der Waals surface area contributed by atoms with Gasteiger partial charge >= 0.3 is 0 Å². The second-order valence-corrected chi connectivity index (χ2v) is 8.03. The first-order valence-electron chi connectivity index (χ1n) is 9.11. The van der Waals surface area contributed by atoms with Crippen LogP contribution in [0.25, 0.3) is 0 Å². The zero-order valence-corrected chi connectivity index (χ0v) is 15.5. The van der Waals surface area contributed by atoms with Crippen molar-refractivity contribution in [3.8, 4) is 0 Å². The number of fused-ring (bicyclic) bond motifs is 1. The van der Waals surface area contributed by atoms with Crippen LogP contribution in [0.15, 0.2) is 58.3 Å². The molecule has 3 heteroatoms. The van der Waals surface area contributed by atoms with Crippen LogP contribution in [0.5, 0.6) is 0 Å². The molecule has 1 aliphatic rings. The number of nitrogens with zero attached hydrogens (tertiary/aromatic N) is 1. The third-order valence-electron chi connectivity index (χ3n) is 4.84. The monoisotopic (exact) mass is 357 g/mol. The molecule has 3 rings (SSSR count). The van der Waals surface area contributed by atoms with Crippen molar-refractivity contribution in [2.45, 2.75) is 69.2 Å². The number of anilines is 1. The highest BCUT2D eigenvalue weighted by Gasteiger charge is 2.25. The lowest BCUT2D eigenvalue weighted by Gasteiger charge is -2.30. The summed E-state index contributed by atoms with van der Waals surface area (Å²) in [6, 6.07) is 16.8. The summed E-state index contributed by atoms with van der Waals surface area (Å²) >= 11 is 0. The quantitative estimate of drug-likeness (QED) is 0.622. The van der Waals surface area contributed by atoms with Crippen molar-refractivity contribution in [3.63, 3.8) is 0 Å². The van der Waals surface area contributed by atoms with Gasteiger partial charge in [0.15, 0.2) is 0 Å². The maximum atomic E-state index is 12.8. The zero-order chi connectivity index (χ0) is 16.9. The van der Waals surface area contributed by atoms with Crippen molar-refractivity contribution in [1.82, 2.24) is 0 Å². The molecule has 0 aromatic heterocycles. The molecule has 2 aromatic rings. The van der Waals surface area contributed by atoms with Crippen molar-refractivity contribution >= 4 is 16.5 Å². The molecule has 0 amide bonds. The van der Waals surface area contributed by atoms with E-state index in [0.29, 0.717) is 6.04 Å². The second kappa shape index (κ2) is 9.19. The molecule has 0 saturated heterocycles. The summed E-state index contributed by atoms with van der Waals surface area (Å²) in [6.45, 7) is 5.64. The van der Waals surface area contributed by atoms with Crippen LogP contribution in [0, 0.1) is 0 Å². The lowest BCUT2D eigenvalue weighted by atomic mass is 10.0. The maximum Gasteiger partial charge on any atom is 0.0849 e. The van der Waals surface area contributed by atoms with E-state index in [0.717, 1.165) is 22.8 Å². The van der Waals surface area contributed by atoms with Gasteiger partial charge in [-0.15, -0.1) is 0 Å². The molecule has 25 heavy (non-hydrogen) atoms. The summed E-state index contributed by atoms with van der Waals surface area (Å²) in [4.78, 5) is 4.38. The summed E-state index contributed by atoms with van der Waals surface area (Å²) < 4.78 is 12.8. The van der Waals surface area contributed by atoms with Gasteiger partial charge in [-0.25, -0.2) is 4.21 Å². The molecule has 0 fully saturated rings. The molecular weight excluding hydrogens is 326 g/mol. The molecule has 136 valence electrons. The molecule has 2 nitrogen and oxygen atoms in total. The van der Waals surface area contributed by atoms with Gasteiger partial charge in [0.2, 0.25) is 0 Å². The Morgan fingerprint density at radius 3 is 2.32 bits per heavy atom. The van der Waals surface area contributed by atoms with Gasteiger partial charge < -0.3 is 4.90 Å². The van der Waals surface area contributed by atoms with E-state index in [4.69, 9.17) is 0 Å². The molecule has 0 spiro atoms. The van der Waals surface area contributed by atoms with Crippen LogP contribution in [0.2, 0.25) is 0 Å². The summed E-state index contributed by atoms with van der Waals surface area (Å²) in [5.74, 6) is 0. The Labute approximate surface area is 155 Å². The van der Waals surface area contributed by atoms with Crippen molar-refractivity contribution in [2.75, 3.05) is 11.4 Å². The fourth-order valence-corrected chi connectivity index (χ4v) is 4.82. The largest absolute Gasteiger partial charge is 0.368 e. The van der Waals surface area contributed by atoms with E-state index in [-0.39, 0.29) is 7.43 Å². The van der Waals surface area contributed by atoms with Crippen molar-refractivity contribution in [3.05, 3.63) is 54.1 Å². The number of hydrogen-bond donors (Lipinski definition) is 0. The van der Waals surface area contributed by atoms with E-state index in [1.54, 1.807) is 0 Å². The third-order valence-corrected chi connectivity index (χ3v) is 6.22. The number of rotatable bonds is 7. The summed E-state index contributed by atoms with van der Waals surface area (Å²) in [7, 11) is -1.09. The molecule has 0 aliphatic carbocycles. The molecule has 1 heterocycles. The minimum atomic E-state index is -1.09. The minimum Gasteiger partial charge on any atom is -0.368 e. The molecular formula is C22H31NOS. The Kier molecular flexibility index (Phi) is 7.24. The zero-order valence-electron chi connectivity index (χ0n) is 14.7. The summed E-state index contributed by atoms with van der Waals surface area (Å²) in [6.07, 6.45) is 6.04. The van der Waals surface area contributed by atoms with Gasteiger partial charge in [0.1, 0.15) is 0 Å². The van der Waals surface area contributed by atoms with Gasteiger partial charge in [0.05, 0.1) is 10.8 Å². The summed E-state index contributed by atoms with van der Waals surface area (Å²) in [5.41, 5.74) is 2.71. The fraction of sp³-hybridized carbons (Fsp3) is 0.455. The van der Waals surface area contributed by atoms with Gasteiger partial charge in [-0.1, -0.05) is 52.3 Å². The van der Waals surface area contributed by atoms with E-state index >= 15 is 0 Å². The van der Waals surface area contributed by atoms with Gasteiger partial charge in [-0.2, -0.15) is 0 Å². The molecule has 1 aliphatic heterocycles. The lowest BCUT2D eigenvalue weighted by molar-refractivity contribution is 0.514. The Bertz CT molecular complexity index is 692. The van der Waals surface area contributed by atoms with Crippen LogP contribution in [0.3, 0.4) is 0 Å². The summed E-state index contributed by atoms with van der Waals surface area (Å²) in [5, 5.41) is 0. The SMILES string of the molecule is C.CCCC(CCC)N1CCc2cc(S(=O)c3ccccc3)ccc21. The molecule has 1 atom stereocenters. The van der Waals surface area contributed by atoms with E-state index < -0.39 is 10.8 Å². The first-order chi connectivity index (χ1) is 11.7. The van der Waals surface area contributed by atoms with E-state index in [9.17, 15) is 4.21 Å². The van der Waals surface area contributed by atoms with Crippen LogP contribution in [-0.4, -0.2) is 16.8 Å². The molecule has 0 radical (unpaired) electrons.